The van der Waals surface area contributed by atoms with Crippen LogP contribution in [0.1, 0.15) is 24.8 Å². The molecule has 1 aliphatic heterocycles. The zero-order valence-corrected chi connectivity index (χ0v) is 10.6. The van der Waals surface area contributed by atoms with Gasteiger partial charge < -0.3 is 5.11 Å². The lowest BCUT2D eigenvalue weighted by Crippen LogP contribution is -2.29. The van der Waals surface area contributed by atoms with Crippen molar-refractivity contribution in [2.24, 2.45) is 0 Å². The van der Waals surface area contributed by atoms with Crippen LogP contribution in [0.5, 0.6) is 5.75 Å². The Morgan fingerprint density at radius 1 is 0.944 bits per heavy atom. The van der Waals surface area contributed by atoms with Gasteiger partial charge in [0.05, 0.1) is 0 Å². The molecular formula is C16H19NO. The van der Waals surface area contributed by atoms with E-state index in [9.17, 15) is 5.11 Å². The molecule has 1 saturated heterocycles. The quantitative estimate of drug-likeness (QED) is 0.869. The molecule has 0 amide bonds. The second-order valence-electron chi connectivity index (χ2n) is 5.16. The highest BCUT2D eigenvalue weighted by Crippen LogP contribution is 2.26. The van der Waals surface area contributed by atoms with E-state index in [0.29, 0.717) is 5.75 Å². The molecule has 0 bridgehead atoms. The number of aromatic hydroxyl groups is 1. The van der Waals surface area contributed by atoms with E-state index < -0.39 is 0 Å². The van der Waals surface area contributed by atoms with Gasteiger partial charge in [-0.25, -0.2) is 0 Å². The number of phenols is 1. The third-order valence-corrected chi connectivity index (χ3v) is 3.79. The topological polar surface area (TPSA) is 23.5 Å². The first-order valence-electron chi connectivity index (χ1n) is 6.76. The highest BCUT2D eigenvalue weighted by molar-refractivity contribution is 5.84. The Bertz CT molecular complexity index is 544. The third-order valence-electron chi connectivity index (χ3n) is 3.79. The van der Waals surface area contributed by atoms with Crippen LogP contribution in [0.15, 0.2) is 36.4 Å². The van der Waals surface area contributed by atoms with Crippen LogP contribution in [0.25, 0.3) is 10.8 Å². The summed E-state index contributed by atoms with van der Waals surface area (Å²) in [5, 5.41) is 12.4. The summed E-state index contributed by atoms with van der Waals surface area (Å²) in [6.45, 7) is 3.19. The molecule has 94 valence electrons. The molecule has 0 aromatic heterocycles. The number of hydrogen-bond acceptors (Lipinski definition) is 2. The molecule has 18 heavy (non-hydrogen) atoms. The minimum absolute atomic E-state index is 0.430. The van der Waals surface area contributed by atoms with Gasteiger partial charge in [0.25, 0.3) is 0 Å². The molecule has 2 heteroatoms. The summed E-state index contributed by atoms with van der Waals surface area (Å²) >= 11 is 0. The predicted molar refractivity (Wildman–Crippen MR) is 74.7 cm³/mol. The van der Waals surface area contributed by atoms with E-state index in [0.717, 1.165) is 30.6 Å². The second kappa shape index (κ2) is 4.99. The summed E-state index contributed by atoms with van der Waals surface area (Å²) in [6.07, 6.45) is 3.92. The smallest absolute Gasteiger partial charge is 0.120 e. The first-order chi connectivity index (χ1) is 8.83. The SMILES string of the molecule is Oc1cc2ccccc2cc1CN1CCCCC1. The van der Waals surface area contributed by atoms with Gasteiger partial charge in [0.2, 0.25) is 0 Å². The van der Waals surface area contributed by atoms with E-state index in [-0.39, 0.29) is 0 Å². The van der Waals surface area contributed by atoms with Gasteiger partial charge >= 0.3 is 0 Å². The van der Waals surface area contributed by atoms with Gasteiger partial charge in [-0.2, -0.15) is 0 Å². The Morgan fingerprint density at radius 3 is 2.33 bits per heavy atom. The minimum atomic E-state index is 0.430. The van der Waals surface area contributed by atoms with Gasteiger partial charge in [-0.3, -0.25) is 4.90 Å². The fourth-order valence-corrected chi connectivity index (χ4v) is 2.76. The standard InChI is InChI=1S/C16H19NO/c18-16-11-14-7-3-2-6-13(14)10-15(16)12-17-8-4-1-5-9-17/h2-3,6-7,10-11,18H,1,4-5,8-9,12H2. The van der Waals surface area contributed by atoms with Crippen molar-refractivity contribution in [3.63, 3.8) is 0 Å². The Morgan fingerprint density at radius 2 is 1.61 bits per heavy atom. The minimum Gasteiger partial charge on any atom is -0.508 e. The number of benzene rings is 2. The van der Waals surface area contributed by atoms with Crippen LogP contribution in [-0.2, 0) is 6.54 Å². The molecule has 1 heterocycles. The summed E-state index contributed by atoms with van der Waals surface area (Å²) in [5.41, 5.74) is 1.05. The maximum Gasteiger partial charge on any atom is 0.120 e. The van der Waals surface area contributed by atoms with Crippen molar-refractivity contribution in [2.75, 3.05) is 13.1 Å². The number of piperidine rings is 1. The maximum absolute atomic E-state index is 10.1. The summed E-state index contributed by atoms with van der Waals surface area (Å²) in [6, 6.07) is 12.2. The first-order valence-corrected chi connectivity index (χ1v) is 6.76. The fraction of sp³-hybridized carbons (Fsp3) is 0.375. The van der Waals surface area contributed by atoms with Crippen molar-refractivity contribution in [3.05, 3.63) is 42.0 Å². The molecule has 2 nitrogen and oxygen atoms in total. The van der Waals surface area contributed by atoms with Crippen molar-refractivity contribution in [2.45, 2.75) is 25.8 Å². The van der Waals surface area contributed by atoms with Crippen LogP contribution in [0.2, 0.25) is 0 Å². The number of phenolic OH excluding ortho intramolecular Hbond substituents is 1. The van der Waals surface area contributed by atoms with Crippen molar-refractivity contribution in [1.29, 1.82) is 0 Å². The van der Waals surface area contributed by atoms with Crippen molar-refractivity contribution in [1.82, 2.24) is 4.90 Å². The van der Waals surface area contributed by atoms with E-state index in [1.807, 2.05) is 24.3 Å². The number of hydrogen-bond donors (Lipinski definition) is 1. The van der Waals surface area contributed by atoms with Gasteiger partial charge in [-0.05, 0) is 48.8 Å². The lowest BCUT2D eigenvalue weighted by molar-refractivity contribution is 0.218. The number of rotatable bonds is 2. The van der Waals surface area contributed by atoms with Crippen LogP contribution in [0.3, 0.4) is 0 Å². The maximum atomic E-state index is 10.1. The monoisotopic (exact) mass is 241 g/mol. The molecule has 0 saturated carbocycles. The average molecular weight is 241 g/mol. The summed E-state index contributed by atoms with van der Waals surface area (Å²) < 4.78 is 0. The Hall–Kier alpha value is -1.54. The van der Waals surface area contributed by atoms with Gasteiger partial charge in [-0.15, -0.1) is 0 Å². The molecule has 2 aromatic rings. The third kappa shape index (κ3) is 2.34. The Balaban J connectivity index is 1.88. The number of nitrogens with zero attached hydrogens (tertiary/aromatic N) is 1. The summed E-state index contributed by atoms with van der Waals surface area (Å²) in [7, 11) is 0. The van der Waals surface area contributed by atoms with Crippen molar-refractivity contribution >= 4 is 10.8 Å². The molecule has 0 spiro atoms. The molecule has 1 N–H and O–H groups in total. The van der Waals surface area contributed by atoms with Gasteiger partial charge in [0.1, 0.15) is 5.75 Å². The van der Waals surface area contributed by atoms with Crippen molar-refractivity contribution < 1.29 is 5.11 Å². The highest BCUT2D eigenvalue weighted by Gasteiger charge is 2.12. The summed E-state index contributed by atoms with van der Waals surface area (Å²) in [4.78, 5) is 2.44. The summed E-state index contributed by atoms with van der Waals surface area (Å²) in [5.74, 6) is 0.430. The molecule has 0 atom stereocenters. The number of fused-ring (bicyclic) bond motifs is 1. The molecular weight excluding hydrogens is 222 g/mol. The average Bonchev–Trinajstić information content (AvgIpc) is 2.41. The lowest BCUT2D eigenvalue weighted by Gasteiger charge is -2.26. The lowest BCUT2D eigenvalue weighted by atomic mass is 10.0. The molecule has 1 aliphatic rings. The van der Waals surface area contributed by atoms with Crippen LogP contribution in [-0.4, -0.2) is 23.1 Å². The Labute approximate surface area is 108 Å². The molecule has 3 rings (SSSR count). The molecule has 2 aromatic carbocycles. The normalized spacial score (nSPS) is 17.1. The zero-order chi connectivity index (χ0) is 12.4. The molecule has 0 unspecified atom stereocenters. The van der Waals surface area contributed by atoms with E-state index in [1.54, 1.807) is 0 Å². The predicted octanol–water partition coefficient (Wildman–Crippen LogP) is 3.53. The van der Waals surface area contributed by atoms with Crippen LogP contribution >= 0.6 is 0 Å². The second-order valence-corrected chi connectivity index (χ2v) is 5.16. The highest BCUT2D eigenvalue weighted by atomic mass is 16.3. The van der Waals surface area contributed by atoms with Crippen molar-refractivity contribution in [3.8, 4) is 5.75 Å². The van der Waals surface area contributed by atoms with Gasteiger partial charge in [0.15, 0.2) is 0 Å². The van der Waals surface area contributed by atoms with Crippen LogP contribution in [0, 0.1) is 0 Å². The molecule has 0 radical (unpaired) electrons. The molecule has 1 fully saturated rings. The Kier molecular flexibility index (Phi) is 3.20. The molecule has 0 aliphatic carbocycles. The fourth-order valence-electron chi connectivity index (χ4n) is 2.76. The number of likely N-dealkylation sites (tertiary alicyclic amines) is 1. The van der Waals surface area contributed by atoms with E-state index in [4.69, 9.17) is 0 Å². The van der Waals surface area contributed by atoms with E-state index in [2.05, 4.69) is 17.0 Å². The van der Waals surface area contributed by atoms with Crippen LogP contribution in [0.4, 0.5) is 0 Å². The van der Waals surface area contributed by atoms with Crippen LogP contribution < -0.4 is 0 Å². The van der Waals surface area contributed by atoms with Gasteiger partial charge in [0, 0.05) is 12.1 Å². The largest absolute Gasteiger partial charge is 0.508 e. The van der Waals surface area contributed by atoms with E-state index in [1.165, 1.54) is 24.6 Å². The van der Waals surface area contributed by atoms with E-state index >= 15 is 0 Å². The zero-order valence-electron chi connectivity index (χ0n) is 10.6. The van der Waals surface area contributed by atoms with Gasteiger partial charge in [-0.1, -0.05) is 30.7 Å². The first kappa shape index (κ1) is 11.5.